The number of H-pyrrole nitrogens is 2. The van der Waals surface area contributed by atoms with Crippen molar-refractivity contribution in [1.29, 1.82) is 0 Å². The summed E-state index contributed by atoms with van der Waals surface area (Å²) in [6.45, 7) is 20.8. The molecule has 8 nitrogen and oxygen atoms in total. The number of amides is 2. The first-order valence-electron chi connectivity index (χ1n) is 16.9. The number of carbonyl (C=O) groups is 2. The Labute approximate surface area is 286 Å². The Morgan fingerprint density at radius 1 is 0.625 bits per heavy atom. The average molecular weight is 649 g/mol. The van der Waals surface area contributed by atoms with E-state index in [0.29, 0.717) is 12.8 Å². The van der Waals surface area contributed by atoms with Gasteiger partial charge in [-0.1, -0.05) is 105 Å². The summed E-state index contributed by atoms with van der Waals surface area (Å²) in [6, 6.07) is 15.7. The monoisotopic (exact) mass is 648 g/mol. The van der Waals surface area contributed by atoms with Crippen LogP contribution < -0.4 is 10.6 Å². The fraction of sp³-hybridized carbons (Fsp3) is 0.450. The molecule has 0 aliphatic rings. The first kappa shape index (κ1) is 36.2. The van der Waals surface area contributed by atoms with Gasteiger partial charge in [0.1, 0.15) is 11.6 Å². The predicted molar refractivity (Wildman–Crippen MR) is 194 cm³/mol. The van der Waals surface area contributed by atoms with Crippen molar-refractivity contribution in [3.8, 4) is 34.4 Å². The van der Waals surface area contributed by atoms with Gasteiger partial charge in [-0.2, -0.15) is 0 Å². The number of hydrogen-bond donors (Lipinski definition) is 4. The number of benzene rings is 2. The molecule has 2 atom stereocenters. The minimum atomic E-state index is -0.230. The first-order chi connectivity index (χ1) is 22.5. The Hall–Kier alpha value is -4.64. The second-order valence-corrected chi connectivity index (χ2v) is 15.7. The molecule has 0 saturated heterocycles. The minimum absolute atomic E-state index is 0.0318. The number of nitrogens with one attached hydrogen (secondary N) is 4. The molecule has 0 aliphatic heterocycles. The molecule has 4 aromatic rings. The number of hydrogen-bond acceptors (Lipinski definition) is 4. The standard InChI is InChI=1S/C40H52N6O2/c1-25(2)21-33(47)45-35(39(5,6)7)37-41-23-31(43-37)29-17-13-27(14-18-29)11-12-28-15-19-30(20-16-28)32-24-42-38(44-32)36(40(8,9)10)46-34(48)22-26(3)4/h13-20,23-26,35-36H,21-22H2,1-10H3,(H,41,43)(H,42,44)(H,45,47)(H,46,48). The van der Waals surface area contributed by atoms with Crippen LogP contribution in [-0.2, 0) is 9.59 Å². The molecule has 0 aliphatic carbocycles. The first-order valence-corrected chi connectivity index (χ1v) is 16.9. The molecule has 254 valence electrons. The van der Waals surface area contributed by atoms with E-state index in [1.807, 2.05) is 88.6 Å². The van der Waals surface area contributed by atoms with Crippen LogP contribution in [0, 0.1) is 34.5 Å². The Morgan fingerprint density at radius 2 is 0.958 bits per heavy atom. The lowest BCUT2D eigenvalue weighted by Gasteiger charge is -2.30. The summed E-state index contributed by atoms with van der Waals surface area (Å²) in [7, 11) is 0. The summed E-state index contributed by atoms with van der Waals surface area (Å²) < 4.78 is 0. The summed E-state index contributed by atoms with van der Waals surface area (Å²) in [5.41, 5.74) is 5.17. The lowest BCUT2D eigenvalue weighted by Crippen LogP contribution is -2.37. The second kappa shape index (κ2) is 15.1. The molecule has 0 radical (unpaired) electrons. The van der Waals surface area contributed by atoms with E-state index in [0.717, 1.165) is 45.3 Å². The number of imidazole rings is 2. The van der Waals surface area contributed by atoms with Gasteiger partial charge in [0, 0.05) is 24.0 Å². The Kier molecular flexibility index (Phi) is 11.4. The van der Waals surface area contributed by atoms with E-state index < -0.39 is 0 Å². The van der Waals surface area contributed by atoms with Crippen LogP contribution in [0.5, 0.6) is 0 Å². The highest BCUT2D eigenvalue weighted by molar-refractivity contribution is 5.77. The third-order valence-electron chi connectivity index (χ3n) is 8.01. The van der Waals surface area contributed by atoms with Crippen LogP contribution in [0.4, 0.5) is 0 Å². The molecule has 2 aromatic heterocycles. The highest BCUT2D eigenvalue weighted by Crippen LogP contribution is 2.34. The van der Waals surface area contributed by atoms with Gasteiger partial charge >= 0.3 is 0 Å². The number of rotatable bonds is 10. The molecule has 2 unspecified atom stereocenters. The third kappa shape index (κ3) is 9.93. The zero-order chi connectivity index (χ0) is 35.2. The maximum atomic E-state index is 12.6. The van der Waals surface area contributed by atoms with Crippen LogP contribution in [0.2, 0.25) is 0 Å². The molecule has 2 heterocycles. The fourth-order valence-corrected chi connectivity index (χ4v) is 5.44. The summed E-state index contributed by atoms with van der Waals surface area (Å²) in [5.74, 6) is 8.66. The van der Waals surface area contributed by atoms with Crippen molar-refractivity contribution in [2.24, 2.45) is 22.7 Å². The van der Waals surface area contributed by atoms with Gasteiger partial charge in [-0.3, -0.25) is 9.59 Å². The van der Waals surface area contributed by atoms with Crippen LogP contribution in [0.3, 0.4) is 0 Å². The van der Waals surface area contributed by atoms with E-state index in [1.165, 1.54) is 0 Å². The lowest BCUT2D eigenvalue weighted by molar-refractivity contribution is -0.124. The summed E-state index contributed by atoms with van der Waals surface area (Å²) in [6.07, 6.45) is 4.60. The molecule has 8 heteroatoms. The molecular formula is C40H52N6O2. The van der Waals surface area contributed by atoms with Crippen molar-refractivity contribution in [2.45, 2.75) is 94.2 Å². The molecule has 2 aromatic carbocycles. The quantitative estimate of drug-likeness (QED) is 0.129. The number of carbonyl (C=O) groups excluding carboxylic acids is 2. The van der Waals surface area contributed by atoms with Crippen LogP contribution in [0.15, 0.2) is 60.9 Å². The van der Waals surface area contributed by atoms with Gasteiger partial charge in [0.05, 0.1) is 35.9 Å². The van der Waals surface area contributed by atoms with Crippen LogP contribution >= 0.6 is 0 Å². The molecule has 0 bridgehead atoms. The predicted octanol–water partition coefficient (Wildman–Crippen LogP) is 8.37. The van der Waals surface area contributed by atoms with Crippen LogP contribution in [0.25, 0.3) is 22.5 Å². The van der Waals surface area contributed by atoms with Gasteiger partial charge in [0.15, 0.2) is 0 Å². The van der Waals surface area contributed by atoms with Crippen molar-refractivity contribution in [1.82, 2.24) is 30.6 Å². The molecule has 0 fully saturated rings. The van der Waals surface area contributed by atoms with Gasteiger partial charge in [-0.25, -0.2) is 9.97 Å². The van der Waals surface area contributed by atoms with Gasteiger partial charge in [0.25, 0.3) is 0 Å². The highest BCUT2D eigenvalue weighted by atomic mass is 16.2. The van der Waals surface area contributed by atoms with E-state index in [4.69, 9.17) is 0 Å². The molecule has 0 saturated carbocycles. The maximum Gasteiger partial charge on any atom is 0.220 e. The zero-order valence-electron chi connectivity index (χ0n) is 30.2. The van der Waals surface area contributed by atoms with E-state index in [-0.39, 0.29) is 46.6 Å². The summed E-state index contributed by atoms with van der Waals surface area (Å²) in [5, 5.41) is 6.35. The molecule has 4 rings (SSSR count). The molecule has 4 N–H and O–H groups in total. The number of aromatic amines is 2. The molecule has 2 amide bonds. The number of aromatic nitrogens is 4. The second-order valence-electron chi connectivity index (χ2n) is 15.7. The molecule has 0 spiro atoms. The molecular weight excluding hydrogens is 596 g/mol. The van der Waals surface area contributed by atoms with Crippen molar-refractivity contribution >= 4 is 11.8 Å². The van der Waals surface area contributed by atoms with Crippen molar-refractivity contribution in [3.05, 3.63) is 83.7 Å². The van der Waals surface area contributed by atoms with Gasteiger partial charge < -0.3 is 20.6 Å². The smallest absolute Gasteiger partial charge is 0.220 e. The van der Waals surface area contributed by atoms with Gasteiger partial charge in [0.2, 0.25) is 11.8 Å². The van der Waals surface area contributed by atoms with Gasteiger partial charge in [-0.05, 0) is 58.1 Å². The number of nitrogens with zero attached hydrogens (tertiary/aromatic N) is 2. The van der Waals surface area contributed by atoms with E-state index >= 15 is 0 Å². The van der Waals surface area contributed by atoms with Crippen molar-refractivity contribution in [3.63, 3.8) is 0 Å². The third-order valence-corrected chi connectivity index (χ3v) is 8.01. The largest absolute Gasteiger partial charge is 0.346 e. The Morgan fingerprint density at radius 3 is 1.25 bits per heavy atom. The van der Waals surface area contributed by atoms with Crippen molar-refractivity contribution < 1.29 is 9.59 Å². The zero-order valence-corrected chi connectivity index (χ0v) is 30.2. The highest BCUT2D eigenvalue weighted by Gasteiger charge is 2.31. The Bertz CT molecular complexity index is 1610. The fourth-order valence-electron chi connectivity index (χ4n) is 5.44. The van der Waals surface area contributed by atoms with Crippen LogP contribution in [0.1, 0.15) is 117 Å². The minimum Gasteiger partial charge on any atom is -0.346 e. The topological polar surface area (TPSA) is 116 Å². The lowest BCUT2D eigenvalue weighted by atomic mass is 9.86. The van der Waals surface area contributed by atoms with E-state index in [2.05, 4.69) is 84.0 Å². The van der Waals surface area contributed by atoms with Crippen molar-refractivity contribution in [2.75, 3.05) is 0 Å². The van der Waals surface area contributed by atoms with E-state index in [9.17, 15) is 9.59 Å². The van der Waals surface area contributed by atoms with E-state index in [1.54, 1.807) is 0 Å². The normalized spacial score (nSPS) is 13.2. The average Bonchev–Trinajstić information content (AvgIpc) is 3.67. The SMILES string of the molecule is CC(C)CC(=O)NC(c1ncc(-c2ccc(C#Cc3ccc(-c4cnc(C(NC(=O)CC(C)C)C(C)(C)C)[nH]4)cc3)cc2)[nH]1)C(C)(C)C. The molecule has 48 heavy (non-hydrogen) atoms. The maximum absolute atomic E-state index is 12.6. The van der Waals surface area contributed by atoms with Gasteiger partial charge in [-0.15, -0.1) is 0 Å². The summed E-state index contributed by atoms with van der Waals surface area (Å²) in [4.78, 5) is 41.3. The Balaban J connectivity index is 1.43. The van der Waals surface area contributed by atoms with Crippen LogP contribution in [-0.4, -0.2) is 31.8 Å². The summed E-state index contributed by atoms with van der Waals surface area (Å²) >= 11 is 0.